The van der Waals surface area contributed by atoms with Gasteiger partial charge in [0, 0.05) is 69.3 Å². The molecule has 6 rings (SSSR count). The Morgan fingerprint density at radius 3 is 2.25 bits per heavy atom. The normalized spacial score (nSPS) is 13.8. The summed E-state index contributed by atoms with van der Waals surface area (Å²) in [6.07, 6.45) is 4.21. The predicted octanol–water partition coefficient (Wildman–Crippen LogP) is 4.75. The highest BCUT2D eigenvalue weighted by Crippen LogP contribution is 2.26. The topological polar surface area (TPSA) is 92.6 Å². The summed E-state index contributed by atoms with van der Waals surface area (Å²) in [4.78, 5) is 45.1. The minimum absolute atomic E-state index is 0. The molecule has 3 heterocycles. The van der Waals surface area contributed by atoms with Crippen molar-refractivity contribution in [2.45, 2.75) is 33.0 Å². The summed E-state index contributed by atoms with van der Waals surface area (Å²) in [6, 6.07) is 22.6. The zero-order valence-corrected chi connectivity index (χ0v) is 26.2. The Kier molecular flexibility index (Phi) is 11.0. The van der Waals surface area contributed by atoms with Crippen LogP contribution in [0, 0.1) is 0 Å². The summed E-state index contributed by atoms with van der Waals surface area (Å²) in [5.74, 6) is -0.406. The fourth-order valence-corrected chi connectivity index (χ4v) is 5.79. The van der Waals surface area contributed by atoms with Gasteiger partial charge in [-0.2, -0.15) is 0 Å². The molecule has 44 heavy (non-hydrogen) atoms. The van der Waals surface area contributed by atoms with E-state index >= 15 is 0 Å². The van der Waals surface area contributed by atoms with Crippen molar-refractivity contribution < 1.29 is 9.53 Å². The number of benzene rings is 3. The highest BCUT2D eigenvalue weighted by atomic mass is 35.5. The van der Waals surface area contributed by atoms with Crippen LogP contribution in [-0.4, -0.2) is 62.7 Å². The van der Waals surface area contributed by atoms with Crippen LogP contribution in [0.5, 0.6) is 0 Å². The smallest absolute Gasteiger partial charge is 0.316 e. The summed E-state index contributed by atoms with van der Waals surface area (Å²) >= 11 is 0. The maximum Gasteiger partial charge on any atom is 0.316 e. The van der Waals surface area contributed by atoms with Crippen LogP contribution in [0.2, 0.25) is 0 Å². The number of hydrogen-bond acceptors (Lipinski definition) is 6. The summed E-state index contributed by atoms with van der Waals surface area (Å²) in [5, 5.41) is 1.76. The molecule has 1 aliphatic rings. The second-order valence-electron chi connectivity index (χ2n) is 10.8. The third-order valence-electron chi connectivity index (χ3n) is 7.95. The molecule has 9 nitrogen and oxygen atoms in total. The van der Waals surface area contributed by atoms with Gasteiger partial charge < -0.3 is 18.9 Å². The molecule has 1 N–H and O–H groups in total. The van der Waals surface area contributed by atoms with Gasteiger partial charge in [-0.25, -0.2) is 0 Å². The Balaban J connectivity index is 0.00000221. The Morgan fingerprint density at radius 2 is 1.55 bits per heavy atom. The number of hydrogen-bond donors (Lipinski definition) is 1. The van der Waals surface area contributed by atoms with E-state index in [9.17, 15) is 14.4 Å². The van der Waals surface area contributed by atoms with Crippen molar-refractivity contribution in [3.8, 4) is 5.69 Å². The first kappa shape index (κ1) is 33.0. The lowest BCUT2D eigenvalue weighted by atomic mass is 10.1. The van der Waals surface area contributed by atoms with E-state index in [-0.39, 0.29) is 44.4 Å². The SMILES string of the molecule is CCOC(=O)CCn1c(=O)c(=O)[nH]c2ccc3ccc(-n4ccc(CN5CCN(Cc6ccccc6)CC5)c4)cc3c21.Cl.Cl. The Labute approximate surface area is 267 Å². The number of nitrogens with one attached hydrogen (secondary N) is 1. The van der Waals surface area contributed by atoms with Crippen molar-refractivity contribution >= 4 is 52.6 Å². The molecule has 0 unspecified atom stereocenters. The van der Waals surface area contributed by atoms with E-state index in [0.29, 0.717) is 11.0 Å². The number of H-pyrrole nitrogens is 1. The molecular weight excluding hydrogens is 601 g/mol. The average molecular weight is 639 g/mol. The zero-order chi connectivity index (χ0) is 29.1. The van der Waals surface area contributed by atoms with Gasteiger partial charge in [-0.3, -0.25) is 24.2 Å². The minimum atomic E-state index is -0.710. The molecular formula is C33H37Cl2N5O4. The summed E-state index contributed by atoms with van der Waals surface area (Å²) in [6.45, 7) is 8.10. The van der Waals surface area contributed by atoms with Gasteiger partial charge in [0.25, 0.3) is 0 Å². The molecule has 1 fully saturated rings. The number of fused-ring (bicyclic) bond motifs is 3. The van der Waals surface area contributed by atoms with Gasteiger partial charge in [-0.1, -0.05) is 42.5 Å². The number of carbonyl (C=O) groups excluding carboxylic acids is 1. The molecule has 0 spiro atoms. The van der Waals surface area contributed by atoms with Crippen molar-refractivity contribution in [2.24, 2.45) is 0 Å². The number of ether oxygens (including phenoxy) is 1. The van der Waals surface area contributed by atoms with E-state index in [2.05, 4.69) is 68.1 Å². The standard InChI is InChI=1S/C33H35N5O4.2ClH/c1-2-42-30(39)13-15-38-31-28-20-27(10-8-26(28)9-11-29(31)34-32(40)33(38)41)37-14-12-25(23-37)22-36-18-16-35(17-19-36)21-24-6-4-3-5-7-24;;/h3-12,14,20,23H,2,13,15-19,21-22H2,1H3,(H,34,40);2*1H. The van der Waals surface area contributed by atoms with E-state index in [1.165, 1.54) is 15.7 Å². The first-order chi connectivity index (χ1) is 20.5. The molecule has 232 valence electrons. The molecule has 11 heteroatoms. The number of aromatic nitrogens is 3. The Bertz CT molecular complexity index is 1840. The van der Waals surface area contributed by atoms with Gasteiger partial charge in [-0.15, -0.1) is 24.8 Å². The molecule has 5 aromatic rings. The fraction of sp³-hybridized carbons (Fsp3) is 0.303. The van der Waals surface area contributed by atoms with Gasteiger partial charge in [-0.05, 0) is 47.7 Å². The third-order valence-corrected chi connectivity index (χ3v) is 7.95. The molecule has 3 aromatic carbocycles. The lowest BCUT2D eigenvalue weighted by Gasteiger charge is -2.34. The van der Waals surface area contributed by atoms with Crippen LogP contribution < -0.4 is 11.1 Å². The first-order valence-corrected chi connectivity index (χ1v) is 14.5. The predicted molar refractivity (Wildman–Crippen MR) is 178 cm³/mol. The lowest BCUT2D eigenvalue weighted by Crippen LogP contribution is -2.45. The summed E-state index contributed by atoms with van der Waals surface area (Å²) < 4.78 is 8.53. The Hall–Kier alpha value is -3.89. The highest BCUT2D eigenvalue weighted by molar-refractivity contribution is 6.04. The maximum atomic E-state index is 12.9. The minimum Gasteiger partial charge on any atom is -0.466 e. The van der Waals surface area contributed by atoms with Crippen molar-refractivity contribution in [2.75, 3.05) is 32.8 Å². The number of aromatic amines is 1. The second kappa shape index (κ2) is 14.7. The van der Waals surface area contributed by atoms with Crippen LogP contribution in [0.15, 0.2) is 88.7 Å². The first-order valence-electron chi connectivity index (χ1n) is 14.5. The van der Waals surface area contributed by atoms with Crippen LogP contribution in [-0.2, 0) is 29.2 Å². The van der Waals surface area contributed by atoms with Gasteiger partial charge in [0.05, 0.1) is 24.1 Å². The third kappa shape index (κ3) is 7.25. The molecule has 1 aliphatic heterocycles. The maximum absolute atomic E-state index is 12.9. The summed E-state index contributed by atoms with van der Waals surface area (Å²) in [5.41, 5.74) is 3.30. The molecule has 2 aromatic heterocycles. The second-order valence-corrected chi connectivity index (χ2v) is 10.8. The highest BCUT2D eigenvalue weighted by Gasteiger charge is 2.18. The van der Waals surface area contributed by atoms with E-state index in [1.54, 1.807) is 13.0 Å². The molecule has 0 radical (unpaired) electrons. The average Bonchev–Trinajstić information content (AvgIpc) is 3.47. The van der Waals surface area contributed by atoms with E-state index in [4.69, 9.17) is 4.74 Å². The van der Waals surface area contributed by atoms with Gasteiger partial charge >= 0.3 is 17.1 Å². The molecule has 1 saturated heterocycles. The quantitative estimate of drug-likeness (QED) is 0.142. The number of esters is 1. The van der Waals surface area contributed by atoms with Crippen LogP contribution in [0.3, 0.4) is 0 Å². The lowest BCUT2D eigenvalue weighted by molar-refractivity contribution is -0.143. The largest absolute Gasteiger partial charge is 0.466 e. The number of piperazine rings is 1. The molecule has 0 aliphatic carbocycles. The van der Waals surface area contributed by atoms with Gasteiger partial charge in [0.1, 0.15) is 0 Å². The van der Waals surface area contributed by atoms with Gasteiger partial charge in [0.2, 0.25) is 0 Å². The number of carbonyl (C=O) groups is 1. The number of nitrogens with zero attached hydrogens (tertiary/aromatic N) is 4. The number of rotatable bonds is 9. The fourth-order valence-electron chi connectivity index (χ4n) is 5.79. The summed E-state index contributed by atoms with van der Waals surface area (Å²) in [7, 11) is 0. The van der Waals surface area contributed by atoms with Crippen molar-refractivity contribution in [3.63, 3.8) is 0 Å². The van der Waals surface area contributed by atoms with E-state index in [1.807, 2.05) is 24.3 Å². The van der Waals surface area contributed by atoms with Gasteiger partial charge in [0.15, 0.2) is 0 Å². The van der Waals surface area contributed by atoms with Crippen LogP contribution in [0.4, 0.5) is 0 Å². The molecule has 0 atom stereocenters. The van der Waals surface area contributed by atoms with Crippen molar-refractivity contribution in [1.29, 1.82) is 0 Å². The van der Waals surface area contributed by atoms with Crippen LogP contribution >= 0.6 is 24.8 Å². The number of halogens is 2. The van der Waals surface area contributed by atoms with Crippen molar-refractivity contribution in [3.05, 3.63) is 111 Å². The van der Waals surface area contributed by atoms with Crippen molar-refractivity contribution in [1.82, 2.24) is 23.9 Å². The van der Waals surface area contributed by atoms with E-state index < -0.39 is 17.1 Å². The molecule has 0 bridgehead atoms. The molecule has 0 amide bonds. The van der Waals surface area contributed by atoms with Crippen LogP contribution in [0.1, 0.15) is 24.5 Å². The monoisotopic (exact) mass is 637 g/mol. The Morgan fingerprint density at radius 1 is 0.864 bits per heavy atom. The number of aryl methyl sites for hydroxylation is 1. The van der Waals surface area contributed by atoms with E-state index in [0.717, 1.165) is 55.7 Å². The molecule has 0 saturated carbocycles. The van der Waals surface area contributed by atoms with Crippen LogP contribution in [0.25, 0.3) is 27.5 Å². The zero-order valence-electron chi connectivity index (χ0n) is 24.6.